The standard InChI is InChI=1S/C18H23N5O2/c1-2-22-11-19-15-10-23(8-7-16(15)22)18(25)21-14-9-12-5-3-4-6-13(12)20-17(14)24/h9,11H,2-8,10H2,1H3,(H,20,24)(H,21,25). The maximum atomic E-state index is 12.6. The first-order chi connectivity index (χ1) is 12.2. The summed E-state index contributed by atoms with van der Waals surface area (Å²) >= 11 is 0. The molecule has 0 saturated heterocycles. The Bertz CT molecular complexity index is 867. The summed E-state index contributed by atoms with van der Waals surface area (Å²) in [5.74, 6) is 0. The quantitative estimate of drug-likeness (QED) is 0.877. The molecule has 0 atom stereocenters. The van der Waals surface area contributed by atoms with E-state index >= 15 is 0 Å². The Morgan fingerprint density at radius 2 is 2.16 bits per heavy atom. The normalized spacial score (nSPS) is 16.3. The van der Waals surface area contributed by atoms with Crippen LogP contribution in [0.25, 0.3) is 0 Å². The summed E-state index contributed by atoms with van der Waals surface area (Å²) in [6.07, 6.45) is 6.72. The molecule has 2 aromatic rings. The van der Waals surface area contributed by atoms with Gasteiger partial charge in [0.1, 0.15) is 5.69 Å². The second-order valence-corrected chi connectivity index (χ2v) is 6.75. The van der Waals surface area contributed by atoms with Crippen molar-refractivity contribution < 1.29 is 4.79 Å². The molecule has 2 N–H and O–H groups in total. The monoisotopic (exact) mass is 341 g/mol. The van der Waals surface area contributed by atoms with E-state index in [4.69, 9.17) is 0 Å². The minimum atomic E-state index is -0.238. The van der Waals surface area contributed by atoms with Gasteiger partial charge >= 0.3 is 6.03 Å². The molecule has 1 aliphatic carbocycles. The van der Waals surface area contributed by atoms with Gasteiger partial charge in [0, 0.05) is 30.9 Å². The molecule has 1 aliphatic heterocycles. The number of amides is 2. The van der Waals surface area contributed by atoms with Crippen molar-refractivity contribution in [1.82, 2.24) is 19.4 Å². The fourth-order valence-corrected chi connectivity index (χ4v) is 3.78. The van der Waals surface area contributed by atoms with Gasteiger partial charge in [-0.05, 0) is 44.2 Å². The number of aromatic amines is 1. The number of nitrogens with zero attached hydrogens (tertiary/aromatic N) is 3. The molecule has 0 aromatic carbocycles. The third-order valence-corrected chi connectivity index (χ3v) is 5.20. The van der Waals surface area contributed by atoms with E-state index in [0.29, 0.717) is 18.8 Å². The van der Waals surface area contributed by atoms with Crippen LogP contribution in [0.15, 0.2) is 17.2 Å². The predicted octanol–water partition coefficient (Wildman–Crippen LogP) is 2.06. The van der Waals surface area contributed by atoms with Crippen LogP contribution < -0.4 is 10.9 Å². The second kappa shape index (κ2) is 6.38. The molecule has 4 rings (SSSR count). The number of carbonyl (C=O) groups excluding carboxylic acids is 1. The summed E-state index contributed by atoms with van der Waals surface area (Å²) in [6.45, 7) is 4.09. The van der Waals surface area contributed by atoms with Crippen molar-refractivity contribution >= 4 is 11.7 Å². The second-order valence-electron chi connectivity index (χ2n) is 6.75. The number of aromatic nitrogens is 3. The fraction of sp³-hybridized carbons (Fsp3) is 0.500. The lowest BCUT2D eigenvalue weighted by atomic mass is 9.96. The van der Waals surface area contributed by atoms with Gasteiger partial charge in [0.15, 0.2) is 0 Å². The summed E-state index contributed by atoms with van der Waals surface area (Å²) in [6, 6.07) is 1.60. The number of hydrogen-bond acceptors (Lipinski definition) is 3. The van der Waals surface area contributed by atoms with Gasteiger partial charge in [-0.1, -0.05) is 0 Å². The van der Waals surface area contributed by atoms with Gasteiger partial charge in [-0.25, -0.2) is 9.78 Å². The lowest BCUT2D eigenvalue weighted by Gasteiger charge is -2.27. The molecule has 7 heteroatoms. The number of anilines is 1. The number of nitrogens with one attached hydrogen (secondary N) is 2. The third-order valence-electron chi connectivity index (χ3n) is 5.20. The van der Waals surface area contributed by atoms with Crippen LogP contribution in [0.5, 0.6) is 0 Å². The van der Waals surface area contributed by atoms with Gasteiger partial charge < -0.3 is 19.8 Å². The minimum Gasteiger partial charge on any atom is -0.334 e. The van der Waals surface area contributed by atoms with Gasteiger partial charge in [0.25, 0.3) is 5.56 Å². The van der Waals surface area contributed by atoms with Crippen molar-refractivity contribution in [3.8, 4) is 0 Å². The molecule has 7 nitrogen and oxygen atoms in total. The van der Waals surface area contributed by atoms with E-state index in [0.717, 1.165) is 55.6 Å². The molecule has 3 heterocycles. The van der Waals surface area contributed by atoms with Gasteiger partial charge in [-0.15, -0.1) is 0 Å². The molecule has 0 saturated carbocycles. The molecule has 132 valence electrons. The first kappa shape index (κ1) is 15.9. The Labute approximate surface area is 146 Å². The molecule has 25 heavy (non-hydrogen) atoms. The van der Waals surface area contributed by atoms with E-state index in [-0.39, 0.29) is 11.6 Å². The zero-order chi connectivity index (χ0) is 17.4. The molecule has 0 bridgehead atoms. The van der Waals surface area contributed by atoms with Crippen LogP contribution in [0.2, 0.25) is 0 Å². The molecule has 0 unspecified atom stereocenters. The Morgan fingerprint density at radius 1 is 1.32 bits per heavy atom. The number of rotatable bonds is 2. The number of carbonyl (C=O) groups is 1. The van der Waals surface area contributed by atoms with Gasteiger partial charge in [-0.2, -0.15) is 0 Å². The van der Waals surface area contributed by atoms with Crippen LogP contribution in [0.1, 0.15) is 42.4 Å². The van der Waals surface area contributed by atoms with E-state index in [9.17, 15) is 9.59 Å². The van der Waals surface area contributed by atoms with Crippen molar-refractivity contribution in [3.63, 3.8) is 0 Å². The first-order valence-electron chi connectivity index (χ1n) is 8.99. The predicted molar refractivity (Wildman–Crippen MR) is 94.7 cm³/mol. The van der Waals surface area contributed by atoms with E-state index < -0.39 is 0 Å². The lowest BCUT2D eigenvalue weighted by molar-refractivity contribution is 0.205. The summed E-state index contributed by atoms with van der Waals surface area (Å²) in [5, 5.41) is 2.79. The van der Waals surface area contributed by atoms with Crippen LogP contribution in [0, 0.1) is 0 Å². The summed E-state index contributed by atoms with van der Waals surface area (Å²) in [5.41, 5.74) is 4.43. The topological polar surface area (TPSA) is 83.0 Å². The average Bonchev–Trinajstić information content (AvgIpc) is 3.04. The highest BCUT2D eigenvalue weighted by atomic mass is 16.2. The van der Waals surface area contributed by atoms with Gasteiger partial charge in [0.2, 0.25) is 0 Å². The molecule has 2 aromatic heterocycles. The number of fused-ring (bicyclic) bond motifs is 2. The molecule has 0 spiro atoms. The zero-order valence-corrected chi connectivity index (χ0v) is 14.5. The van der Waals surface area contributed by atoms with Gasteiger partial charge in [0.05, 0.1) is 18.6 Å². The maximum Gasteiger partial charge on any atom is 0.322 e. The average molecular weight is 341 g/mol. The number of aryl methyl sites for hydroxylation is 3. The van der Waals surface area contributed by atoms with Crippen LogP contribution in [-0.4, -0.2) is 32.0 Å². The lowest BCUT2D eigenvalue weighted by Crippen LogP contribution is -2.40. The molecule has 0 fully saturated rings. The van der Waals surface area contributed by atoms with Crippen molar-refractivity contribution in [3.05, 3.63) is 45.4 Å². The van der Waals surface area contributed by atoms with Crippen molar-refractivity contribution in [2.24, 2.45) is 0 Å². The van der Waals surface area contributed by atoms with Crippen molar-refractivity contribution in [2.45, 2.75) is 52.1 Å². The molecular weight excluding hydrogens is 318 g/mol. The SMILES string of the molecule is CCn1cnc2c1CCN(C(=O)Nc1cc3c([nH]c1=O)CCCC3)C2. The zero-order valence-electron chi connectivity index (χ0n) is 14.5. The molecule has 2 amide bonds. The van der Waals surface area contributed by atoms with Crippen LogP contribution >= 0.6 is 0 Å². The summed E-state index contributed by atoms with van der Waals surface area (Å²) < 4.78 is 2.12. The number of hydrogen-bond donors (Lipinski definition) is 2. The number of imidazole rings is 1. The Hall–Kier alpha value is -2.57. The van der Waals surface area contributed by atoms with Crippen LogP contribution in [-0.2, 0) is 32.4 Å². The number of H-pyrrole nitrogens is 1. The minimum absolute atomic E-state index is 0.220. The molecule has 0 radical (unpaired) electrons. The van der Waals surface area contributed by atoms with E-state index in [2.05, 4.69) is 26.8 Å². The van der Waals surface area contributed by atoms with E-state index in [1.807, 2.05) is 12.4 Å². The molecular formula is C18H23N5O2. The Morgan fingerprint density at radius 3 is 3.00 bits per heavy atom. The highest BCUT2D eigenvalue weighted by Gasteiger charge is 2.25. The number of pyridine rings is 1. The number of urea groups is 1. The third kappa shape index (κ3) is 2.94. The highest BCUT2D eigenvalue weighted by molar-refractivity contribution is 5.89. The largest absolute Gasteiger partial charge is 0.334 e. The van der Waals surface area contributed by atoms with Crippen molar-refractivity contribution in [1.29, 1.82) is 0 Å². The highest BCUT2D eigenvalue weighted by Crippen LogP contribution is 2.21. The summed E-state index contributed by atoms with van der Waals surface area (Å²) in [4.78, 5) is 33.9. The maximum absolute atomic E-state index is 12.6. The molecule has 2 aliphatic rings. The smallest absolute Gasteiger partial charge is 0.322 e. The van der Waals surface area contributed by atoms with Crippen molar-refractivity contribution in [2.75, 3.05) is 11.9 Å². The van der Waals surface area contributed by atoms with Crippen LogP contribution in [0.3, 0.4) is 0 Å². The van der Waals surface area contributed by atoms with Gasteiger partial charge in [-0.3, -0.25) is 4.79 Å². The van der Waals surface area contributed by atoms with Crippen LogP contribution in [0.4, 0.5) is 10.5 Å². The Kier molecular flexibility index (Phi) is 4.07. The first-order valence-corrected chi connectivity index (χ1v) is 8.99. The summed E-state index contributed by atoms with van der Waals surface area (Å²) in [7, 11) is 0. The van der Waals surface area contributed by atoms with E-state index in [1.165, 1.54) is 5.69 Å². The van der Waals surface area contributed by atoms with E-state index in [1.54, 1.807) is 4.90 Å². The fourth-order valence-electron chi connectivity index (χ4n) is 3.78. The Balaban J connectivity index is 1.50.